The van der Waals surface area contributed by atoms with Crippen molar-refractivity contribution in [3.8, 4) is 5.88 Å². The molecule has 0 saturated heterocycles. The maximum Gasteiger partial charge on any atom is 0.323 e. The van der Waals surface area contributed by atoms with E-state index in [1.54, 1.807) is 42.9 Å². The predicted molar refractivity (Wildman–Crippen MR) is 67.7 cm³/mol. The fraction of sp³-hybridized carbons (Fsp3) is 0.0833. The van der Waals surface area contributed by atoms with E-state index in [-0.39, 0.29) is 6.03 Å². The lowest BCUT2D eigenvalue weighted by molar-refractivity contribution is 0.262. The molecule has 2 amide bonds. The largest absolute Gasteiger partial charge is 0.480 e. The summed E-state index contributed by atoms with van der Waals surface area (Å²) >= 11 is 0. The molecule has 0 aliphatic rings. The van der Waals surface area contributed by atoms with Crippen LogP contribution in [0.4, 0.5) is 16.2 Å². The molecule has 18 heavy (non-hydrogen) atoms. The van der Waals surface area contributed by atoms with Crippen molar-refractivity contribution in [2.45, 2.75) is 0 Å². The summed E-state index contributed by atoms with van der Waals surface area (Å²) in [6.45, 7) is 0. The number of ether oxygens (including phenoxy) is 1. The maximum absolute atomic E-state index is 11.7. The second-order valence-corrected chi connectivity index (χ2v) is 3.38. The highest BCUT2D eigenvalue weighted by molar-refractivity contribution is 6.00. The highest BCUT2D eigenvalue weighted by Gasteiger charge is 2.07. The van der Waals surface area contributed by atoms with Crippen LogP contribution in [0.5, 0.6) is 5.88 Å². The van der Waals surface area contributed by atoms with Gasteiger partial charge in [0, 0.05) is 12.4 Å². The van der Waals surface area contributed by atoms with E-state index in [2.05, 4.69) is 20.6 Å². The fourth-order valence-corrected chi connectivity index (χ4v) is 1.37. The third-order valence-corrected chi connectivity index (χ3v) is 2.13. The molecule has 2 aromatic heterocycles. The summed E-state index contributed by atoms with van der Waals surface area (Å²) < 4.78 is 5.03. The number of aromatic nitrogens is 2. The Morgan fingerprint density at radius 2 is 2.06 bits per heavy atom. The average Bonchev–Trinajstić information content (AvgIpc) is 2.40. The van der Waals surface area contributed by atoms with E-state index in [1.165, 1.54) is 7.11 Å². The molecule has 6 nitrogen and oxygen atoms in total. The van der Waals surface area contributed by atoms with Crippen LogP contribution in [0.3, 0.4) is 0 Å². The molecular formula is C12H12N4O2. The predicted octanol–water partition coefficient (Wildman–Crippen LogP) is 2.13. The number of carbonyl (C=O) groups is 1. The second kappa shape index (κ2) is 5.62. The Kier molecular flexibility index (Phi) is 3.70. The van der Waals surface area contributed by atoms with Gasteiger partial charge in [0.15, 0.2) is 0 Å². The number of rotatable bonds is 3. The number of pyridine rings is 2. The van der Waals surface area contributed by atoms with E-state index in [1.807, 2.05) is 0 Å². The highest BCUT2D eigenvalue weighted by Crippen LogP contribution is 2.19. The van der Waals surface area contributed by atoms with Crippen LogP contribution < -0.4 is 15.4 Å². The van der Waals surface area contributed by atoms with E-state index in [0.717, 1.165) is 0 Å². The Morgan fingerprint density at radius 3 is 2.78 bits per heavy atom. The molecule has 0 aliphatic heterocycles. The van der Waals surface area contributed by atoms with Gasteiger partial charge in [-0.2, -0.15) is 0 Å². The molecule has 0 spiro atoms. The van der Waals surface area contributed by atoms with Crippen molar-refractivity contribution in [2.24, 2.45) is 0 Å². The molecule has 92 valence electrons. The fourth-order valence-electron chi connectivity index (χ4n) is 1.37. The summed E-state index contributed by atoms with van der Waals surface area (Å²) in [5.41, 5.74) is 1.11. The van der Waals surface area contributed by atoms with Crippen molar-refractivity contribution in [3.05, 3.63) is 42.9 Å². The van der Waals surface area contributed by atoms with Crippen LogP contribution in [-0.4, -0.2) is 23.1 Å². The lowest BCUT2D eigenvalue weighted by Gasteiger charge is -2.09. The molecule has 0 radical (unpaired) electrons. The number of hydrogen-bond donors (Lipinski definition) is 2. The molecule has 6 heteroatoms. The highest BCUT2D eigenvalue weighted by atomic mass is 16.5. The van der Waals surface area contributed by atoms with Gasteiger partial charge in [-0.05, 0) is 24.3 Å². The molecule has 2 heterocycles. The minimum absolute atomic E-state index is 0.360. The monoisotopic (exact) mass is 244 g/mol. The summed E-state index contributed by atoms with van der Waals surface area (Å²) in [6, 6.07) is 6.51. The topological polar surface area (TPSA) is 76.1 Å². The summed E-state index contributed by atoms with van der Waals surface area (Å²) in [4.78, 5) is 19.6. The Morgan fingerprint density at radius 1 is 1.22 bits per heavy atom. The number of urea groups is 1. The van der Waals surface area contributed by atoms with Gasteiger partial charge in [0.1, 0.15) is 5.69 Å². The third-order valence-electron chi connectivity index (χ3n) is 2.13. The van der Waals surface area contributed by atoms with Crippen molar-refractivity contribution in [2.75, 3.05) is 17.7 Å². The first-order valence-electron chi connectivity index (χ1n) is 5.26. The van der Waals surface area contributed by atoms with E-state index in [9.17, 15) is 4.79 Å². The second-order valence-electron chi connectivity index (χ2n) is 3.38. The summed E-state index contributed by atoms with van der Waals surface area (Å²) in [5.74, 6) is 0.360. The zero-order valence-corrected chi connectivity index (χ0v) is 9.75. The summed E-state index contributed by atoms with van der Waals surface area (Å²) in [6.07, 6.45) is 4.77. The SMILES string of the molecule is COc1ncccc1NC(=O)Nc1cccnc1. The van der Waals surface area contributed by atoms with Gasteiger partial charge in [-0.25, -0.2) is 9.78 Å². The first-order chi connectivity index (χ1) is 8.79. The van der Waals surface area contributed by atoms with Crippen LogP contribution >= 0.6 is 0 Å². The Hall–Kier alpha value is -2.63. The van der Waals surface area contributed by atoms with E-state index < -0.39 is 0 Å². The normalized spacial score (nSPS) is 9.61. The number of nitrogens with one attached hydrogen (secondary N) is 2. The summed E-state index contributed by atoms with van der Waals surface area (Å²) in [5, 5.41) is 5.29. The molecule has 0 saturated carbocycles. The van der Waals surface area contributed by atoms with Crippen molar-refractivity contribution >= 4 is 17.4 Å². The van der Waals surface area contributed by atoms with Crippen LogP contribution in [0.2, 0.25) is 0 Å². The summed E-state index contributed by atoms with van der Waals surface area (Å²) in [7, 11) is 1.49. The molecule has 0 unspecified atom stereocenters. The van der Waals surface area contributed by atoms with Gasteiger partial charge in [-0.3, -0.25) is 4.98 Å². The van der Waals surface area contributed by atoms with Crippen molar-refractivity contribution in [1.29, 1.82) is 0 Å². The first-order valence-corrected chi connectivity index (χ1v) is 5.26. The zero-order chi connectivity index (χ0) is 12.8. The molecule has 0 bridgehead atoms. The minimum Gasteiger partial charge on any atom is -0.480 e. The lowest BCUT2D eigenvalue weighted by Crippen LogP contribution is -2.20. The number of carbonyl (C=O) groups excluding carboxylic acids is 1. The molecule has 2 aromatic rings. The van der Waals surface area contributed by atoms with Crippen molar-refractivity contribution in [1.82, 2.24) is 9.97 Å². The van der Waals surface area contributed by atoms with Gasteiger partial charge in [0.25, 0.3) is 0 Å². The Labute approximate surface area is 104 Å². The molecule has 0 fully saturated rings. The van der Waals surface area contributed by atoms with Gasteiger partial charge >= 0.3 is 6.03 Å². The maximum atomic E-state index is 11.7. The van der Waals surface area contributed by atoms with Gasteiger partial charge in [0.05, 0.1) is 19.0 Å². The van der Waals surface area contributed by atoms with Crippen LogP contribution in [0.25, 0.3) is 0 Å². The number of anilines is 2. The Balaban J connectivity index is 2.03. The van der Waals surface area contributed by atoms with E-state index in [4.69, 9.17) is 4.74 Å². The molecule has 2 N–H and O–H groups in total. The van der Waals surface area contributed by atoms with E-state index >= 15 is 0 Å². The zero-order valence-electron chi connectivity index (χ0n) is 9.75. The van der Waals surface area contributed by atoms with Gasteiger partial charge < -0.3 is 15.4 Å². The number of hydrogen-bond acceptors (Lipinski definition) is 4. The van der Waals surface area contributed by atoms with Crippen LogP contribution in [-0.2, 0) is 0 Å². The molecule has 0 atom stereocenters. The number of amides is 2. The minimum atomic E-state index is -0.380. The standard InChI is InChI=1S/C12H12N4O2/c1-18-11-10(5-3-7-14-11)16-12(17)15-9-4-2-6-13-8-9/h2-8H,1H3,(H2,15,16,17). The average molecular weight is 244 g/mol. The van der Waals surface area contributed by atoms with Crippen molar-refractivity contribution in [3.63, 3.8) is 0 Å². The Bertz CT molecular complexity index is 531. The molecular weight excluding hydrogens is 232 g/mol. The third kappa shape index (κ3) is 2.94. The van der Waals surface area contributed by atoms with Crippen LogP contribution in [0.1, 0.15) is 0 Å². The van der Waals surface area contributed by atoms with Gasteiger partial charge in [-0.15, -0.1) is 0 Å². The van der Waals surface area contributed by atoms with Crippen LogP contribution in [0, 0.1) is 0 Å². The number of nitrogens with zero attached hydrogens (tertiary/aromatic N) is 2. The molecule has 0 aliphatic carbocycles. The molecule has 0 aromatic carbocycles. The van der Waals surface area contributed by atoms with Crippen molar-refractivity contribution < 1.29 is 9.53 Å². The van der Waals surface area contributed by atoms with Gasteiger partial charge in [-0.1, -0.05) is 0 Å². The number of methoxy groups -OCH3 is 1. The smallest absolute Gasteiger partial charge is 0.323 e. The van der Waals surface area contributed by atoms with E-state index in [0.29, 0.717) is 17.3 Å². The quantitative estimate of drug-likeness (QED) is 0.867. The van der Waals surface area contributed by atoms with Gasteiger partial charge in [0.2, 0.25) is 5.88 Å². The first kappa shape index (κ1) is 11.8. The molecule has 2 rings (SSSR count). The van der Waals surface area contributed by atoms with Crippen LogP contribution in [0.15, 0.2) is 42.9 Å². The lowest BCUT2D eigenvalue weighted by atomic mass is 10.4.